The average molecular weight is 375 g/mol. The molecule has 0 spiro atoms. The van der Waals surface area contributed by atoms with E-state index in [2.05, 4.69) is 44.7 Å². The molecular weight excluding hydrogens is 350 g/mol. The molecule has 3 aromatic rings. The number of piperidine rings is 1. The van der Waals surface area contributed by atoms with E-state index < -0.39 is 0 Å². The van der Waals surface area contributed by atoms with Gasteiger partial charge in [-0.1, -0.05) is 18.2 Å². The van der Waals surface area contributed by atoms with Crippen LogP contribution in [-0.4, -0.2) is 34.1 Å². The number of nitrogens with one attached hydrogen (secondary N) is 1. The van der Waals surface area contributed by atoms with Crippen LogP contribution in [0.5, 0.6) is 0 Å². The molecule has 1 amide bonds. The maximum atomic E-state index is 12.7. The van der Waals surface area contributed by atoms with Gasteiger partial charge in [0, 0.05) is 25.0 Å². The number of hydrazone groups is 1. The number of pyridine rings is 1. The monoisotopic (exact) mass is 375 g/mol. The fourth-order valence-corrected chi connectivity index (χ4v) is 3.70. The molecule has 6 nitrogen and oxygen atoms in total. The number of aryl methyl sites for hydroxylation is 1. The number of rotatable bonds is 4. The topological polar surface area (TPSA) is 62.0 Å². The Hall–Kier alpha value is -3.15. The Bertz CT molecular complexity index is 1010. The first-order valence-corrected chi connectivity index (χ1v) is 9.77. The molecule has 28 heavy (non-hydrogen) atoms. The molecule has 3 heterocycles. The minimum atomic E-state index is -0.263. The smallest absolute Gasteiger partial charge is 0.290 e. The number of benzene rings is 1. The van der Waals surface area contributed by atoms with Crippen molar-refractivity contribution in [3.05, 3.63) is 65.6 Å². The number of hydrogen-bond donors (Lipinski definition) is 1. The Morgan fingerprint density at radius 1 is 1.07 bits per heavy atom. The zero-order valence-corrected chi connectivity index (χ0v) is 16.4. The van der Waals surface area contributed by atoms with Crippen molar-refractivity contribution < 1.29 is 4.79 Å². The Morgan fingerprint density at radius 2 is 1.82 bits per heavy atom. The summed E-state index contributed by atoms with van der Waals surface area (Å²) < 4.78 is 1.78. The first kappa shape index (κ1) is 18.2. The molecule has 0 bridgehead atoms. The molecular formula is C22H25N5O. The molecule has 144 valence electrons. The Morgan fingerprint density at radius 3 is 2.57 bits per heavy atom. The molecule has 0 atom stereocenters. The van der Waals surface area contributed by atoms with Gasteiger partial charge in [-0.3, -0.25) is 9.20 Å². The van der Waals surface area contributed by atoms with Gasteiger partial charge in [-0.05, 0) is 62.9 Å². The molecule has 6 heteroatoms. The molecule has 0 unspecified atom stereocenters. The van der Waals surface area contributed by atoms with Gasteiger partial charge in [0.05, 0.1) is 11.4 Å². The molecule has 0 saturated carbocycles. The number of carbonyl (C=O) groups is 1. The summed E-state index contributed by atoms with van der Waals surface area (Å²) in [6, 6.07) is 14.1. The second kappa shape index (κ2) is 7.84. The van der Waals surface area contributed by atoms with Crippen LogP contribution in [0, 0.1) is 6.92 Å². The summed E-state index contributed by atoms with van der Waals surface area (Å²) in [6.45, 7) is 5.98. The van der Waals surface area contributed by atoms with Crippen molar-refractivity contribution in [2.45, 2.75) is 33.1 Å². The number of nitrogens with zero attached hydrogens (tertiary/aromatic N) is 4. The summed E-state index contributed by atoms with van der Waals surface area (Å²) >= 11 is 0. The normalized spacial score (nSPS) is 15.1. The van der Waals surface area contributed by atoms with Gasteiger partial charge in [0.2, 0.25) is 0 Å². The van der Waals surface area contributed by atoms with Crippen LogP contribution >= 0.6 is 0 Å². The third-order valence-electron chi connectivity index (χ3n) is 5.25. The van der Waals surface area contributed by atoms with Gasteiger partial charge in [0.1, 0.15) is 11.3 Å². The second-order valence-corrected chi connectivity index (χ2v) is 7.21. The van der Waals surface area contributed by atoms with Gasteiger partial charge in [0.15, 0.2) is 0 Å². The minimum absolute atomic E-state index is 0.263. The van der Waals surface area contributed by atoms with Crippen LogP contribution in [0.4, 0.5) is 5.69 Å². The van der Waals surface area contributed by atoms with Crippen LogP contribution < -0.4 is 10.3 Å². The average Bonchev–Trinajstić information content (AvgIpc) is 3.08. The van der Waals surface area contributed by atoms with Gasteiger partial charge in [-0.25, -0.2) is 10.4 Å². The summed E-state index contributed by atoms with van der Waals surface area (Å²) in [6.07, 6.45) is 5.68. The molecule has 1 N–H and O–H groups in total. The standard InChI is InChI=1S/C22H25N5O/c1-16(18-9-11-19(12-10-18)26-13-5-3-6-14-26)24-25-22(28)21-17(2)23-20-8-4-7-15-27(20)21/h4,7-12,15H,3,5-6,13-14H2,1-2H3,(H,25,28)/b24-16-. The summed E-state index contributed by atoms with van der Waals surface area (Å²) in [5.74, 6) is -0.263. The number of amides is 1. The van der Waals surface area contributed by atoms with Crippen LogP contribution in [0.3, 0.4) is 0 Å². The van der Waals surface area contributed by atoms with E-state index in [1.807, 2.05) is 38.2 Å². The number of carbonyl (C=O) groups excluding carboxylic acids is 1. The molecule has 2 aromatic heterocycles. The van der Waals surface area contributed by atoms with Gasteiger partial charge in [-0.2, -0.15) is 5.10 Å². The van der Waals surface area contributed by atoms with Crippen molar-refractivity contribution in [1.29, 1.82) is 0 Å². The highest BCUT2D eigenvalue weighted by atomic mass is 16.2. The van der Waals surface area contributed by atoms with Crippen LogP contribution in [0.15, 0.2) is 53.8 Å². The van der Waals surface area contributed by atoms with Crippen molar-refractivity contribution in [2.24, 2.45) is 5.10 Å². The highest BCUT2D eigenvalue weighted by molar-refractivity contribution is 6.01. The third kappa shape index (κ3) is 3.63. The van der Waals surface area contributed by atoms with Crippen molar-refractivity contribution in [1.82, 2.24) is 14.8 Å². The molecule has 1 aromatic carbocycles. The summed E-state index contributed by atoms with van der Waals surface area (Å²) in [4.78, 5) is 19.5. The Labute approximate surface area is 164 Å². The number of aromatic nitrogens is 2. The van der Waals surface area contributed by atoms with Crippen LogP contribution in [0.25, 0.3) is 5.65 Å². The molecule has 1 aliphatic rings. The zero-order chi connectivity index (χ0) is 19.5. The van der Waals surface area contributed by atoms with Crippen molar-refractivity contribution in [3.63, 3.8) is 0 Å². The maximum Gasteiger partial charge on any atom is 0.290 e. The summed E-state index contributed by atoms with van der Waals surface area (Å²) in [5.41, 5.74) is 7.63. The Balaban J connectivity index is 1.48. The fraction of sp³-hybridized carbons (Fsp3) is 0.318. The predicted octanol–water partition coefficient (Wildman–Crippen LogP) is 3.79. The summed E-state index contributed by atoms with van der Waals surface area (Å²) in [7, 11) is 0. The largest absolute Gasteiger partial charge is 0.372 e. The van der Waals surface area contributed by atoms with Crippen LogP contribution in [0.1, 0.15) is 47.9 Å². The van der Waals surface area contributed by atoms with E-state index in [1.54, 1.807) is 4.40 Å². The van der Waals surface area contributed by atoms with Gasteiger partial charge in [0.25, 0.3) is 5.91 Å². The van der Waals surface area contributed by atoms with E-state index in [-0.39, 0.29) is 5.91 Å². The van der Waals surface area contributed by atoms with E-state index in [9.17, 15) is 4.79 Å². The molecule has 1 aliphatic heterocycles. The molecule has 1 saturated heterocycles. The fourth-order valence-electron chi connectivity index (χ4n) is 3.70. The SMILES string of the molecule is C/C(=N/NC(=O)c1c(C)nc2ccccn12)c1ccc(N2CCCCC2)cc1. The first-order valence-electron chi connectivity index (χ1n) is 9.77. The number of fused-ring (bicyclic) bond motifs is 1. The lowest BCUT2D eigenvalue weighted by atomic mass is 10.1. The lowest BCUT2D eigenvalue weighted by Crippen LogP contribution is -2.29. The van der Waals surface area contributed by atoms with Crippen molar-refractivity contribution >= 4 is 23.0 Å². The lowest BCUT2D eigenvalue weighted by molar-refractivity contribution is 0.0948. The van der Waals surface area contributed by atoms with E-state index in [0.717, 1.165) is 30.0 Å². The minimum Gasteiger partial charge on any atom is -0.372 e. The van der Waals surface area contributed by atoms with Crippen molar-refractivity contribution in [3.8, 4) is 0 Å². The molecule has 0 aliphatic carbocycles. The third-order valence-corrected chi connectivity index (χ3v) is 5.25. The van der Waals surface area contributed by atoms with Gasteiger partial charge >= 0.3 is 0 Å². The van der Waals surface area contributed by atoms with Gasteiger partial charge in [-0.15, -0.1) is 0 Å². The molecule has 1 fully saturated rings. The van der Waals surface area contributed by atoms with E-state index in [0.29, 0.717) is 11.4 Å². The van der Waals surface area contributed by atoms with E-state index in [1.165, 1.54) is 24.9 Å². The van der Waals surface area contributed by atoms with Crippen molar-refractivity contribution in [2.75, 3.05) is 18.0 Å². The highest BCUT2D eigenvalue weighted by Crippen LogP contribution is 2.20. The summed E-state index contributed by atoms with van der Waals surface area (Å²) in [5, 5.41) is 4.30. The Kier molecular flexibility index (Phi) is 5.10. The second-order valence-electron chi connectivity index (χ2n) is 7.21. The molecule has 0 radical (unpaired) electrons. The number of anilines is 1. The zero-order valence-electron chi connectivity index (χ0n) is 16.4. The van der Waals surface area contributed by atoms with Crippen LogP contribution in [-0.2, 0) is 0 Å². The number of imidazole rings is 1. The number of hydrogen-bond acceptors (Lipinski definition) is 4. The maximum absolute atomic E-state index is 12.7. The predicted molar refractivity (Wildman–Crippen MR) is 112 cm³/mol. The quantitative estimate of drug-likeness (QED) is 0.557. The van der Waals surface area contributed by atoms with Gasteiger partial charge < -0.3 is 4.90 Å². The first-order chi connectivity index (χ1) is 13.6. The highest BCUT2D eigenvalue weighted by Gasteiger charge is 2.16. The van der Waals surface area contributed by atoms with E-state index in [4.69, 9.17) is 0 Å². The molecule has 4 rings (SSSR count). The van der Waals surface area contributed by atoms with E-state index >= 15 is 0 Å². The lowest BCUT2D eigenvalue weighted by Gasteiger charge is -2.28. The van der Waals surface area contributed by atoms with Crippen LogP contribution in [0.2, 0.25) is 0 Å².